The second-order valence-electron chi connectivity index (χ2n) is 9.57. The number of nitrogens with zero attached hydrogens (tertiary/aromatic N) is 2. The molecule has 3 amide bonds. The molecule has 7 nitrogen and oxygen atoms in total. The Labute approximate surface area is 177 Å². The number of carbonyl (C=O) groups is 3. The molecular weight excluding hydrogens is 380 g/mol. The van der Waals surface area contributed by atoms with Crippen molar-refractivity contribution in [1.82, 2.24) is 20.4 Å². The Hall–Kier alpha value is -2.25. The van der Waals surface area contributed by atoms with Gasteiger partial charge in [0.15, 0.2) is 0 Å². The summed E-state index contributed by atoms with van der Waals surface area (Å²) in [7, 11) is 2.23. The SMILES string of the molecule is CN(Cc1ccc2c(c1)CN(C1CCC(=O)NC1=O)C2=O)C12CCCC(CNC1)C2. The molecule has 3 aliphatic heterocycles. The molecule has 4 aliphatic rings. The lowest BCUT2D eigenvalue weighted by molar-refractivity contribution is -0.136. The summed E-state index contributed by atoms with van der Waals surface area (Å²) in [5.41, 5.74) is 3.10. The Morgan fingerprint density at radius 2 is 2.10 bits per heavy atom. The maximum Gasteiger partial charge on any atom is 0.255 e. The Kier molecular flexibility index (Phi) is 4.90. The molecule has 3 fully saturated rings. The number of hydrogen-bond acceptors (Lipinski definition) is 5. The molecule has 5 rings (SSSR count). The van der Waals surface area contributed by atoms with Crippen molar-refractivity contribution in [3.05, 3.63) is 34.9 Å². The molecule has 1 aromatic carbocycles. The first-order valence-corrected chi connectivity index (χ1v) is 11.1. The maximum absolute atomic E-state index is 12.9. The first-order chi connectivity index (χ1) is 14.4. The summed E-state index contributed by atoms with van der Waals surface area (Å²) in [5, 5.41) is 6.00. The summed E-state index contributed by atoms with van der Waals surface area (Å²) in [6.07, 6.45) is 5.82. The molecule has 1 aromatic rings. The minimum Gasteiger partial charge on any atom is -0.322 e. The van der Waals surface area contributed by atoms with Crippen LogP contribution >= 0.6 is 0 Å². The summed E-state index contributed by atoms with van der Waals surface area (Å²) < 4.78 is 0. The number of carbonyl (C=O) groups excluding carboxylic acids is 3. The zero-order valence-corrected chi connectivity index (χ0v) is 17.6. The average Bonchev–Trinajstić information content (AvgIpc) is 3.04. The van der Waals surface area contributed by atoms with E-state index in [0.29, 0.717) is 18.5 Å². The molecule has 2 bridgehead atoms. The van der Waals surface area contributed by atoms with Gasteiger partial charge in [0.25, 0.3) is 5.91 Å². The number of nitrogens with one attached hydrogen (secondary N) is 2. The molecule has 7 heteroatoms. The molecular formula is C23H30N4O3. The Morgan fingerprint density at radius 1 is 1.23 bits per heavy atom. The molecule has 160 valence electrons. The van der Waals surface area contributed by atoms with Crippen LogP contribution in [0.15, 0.2) is 18.2 Å². The minimum absolute atomic E-state index is 0.107. The highest BCUT2D eigenvalue weighted by Gasteiger charge is 2.42. The second kappa shape index (κ2) is 7.46. The molecule has 0 spiro atoms. The van der Waals surface area contributed by atoms with Gasteiger partial charge in [-0.1, -0.05) is 18.6 Å². The van der Waals surface area contributed by atoms with E-state index in [0.717, 1.165) is 31.1 Å². The van der Waals surface area contributed by atoms with E-state index in [2.05, 4.69) is 34.7 Å². The van der Waals surface area contributed by atoms with Crippen LogP contribution < -0.4 is 10.6 Å². The van der Waals surface area contributed by atoms with Crippen LogP contribution in [0.3, 0.4) is 0 Å². The predicted octanol–water partition coefficient (Wildman–Crippen LogP) is 1.41. The van der Waals surface area contributed by atoms with Crippen molar-refractivity contribution >= 4 is 17.7 Å². The summed E-state index contributed by atoms with van der Waals surface area (Å²) in [4.78, 5) is 40.7. The lowest BCUT2D eigenvalue weighted by atomic mass is 9.72. The second-order valence-corrected chi connectivity index (χ2v) is 9.57. The van der Waals surface area contributed by atoms with Crippen LogP contribution in [0.25, 0.3) is 0 Å². The molecule has 2 N–H and O–H groups in total. The quantitative estimate of drug-likeness (QED) is 0.734. The topological polar surface area (TPSA) is 81.8 Å². The van der Waals surface area contributed by atoms with Crippen molar-refractivity contribution in [2.45, 2.75) is 63.2 Å². The van der Waals surface area contributed by atoms with Crippen LogP contribution in [0, 0.1) is 5.92 Å². The normalized spacial score (nSPS) is 31.1. The maximum atomic E-state index is 12.9. The minimum atomic E-state index is -0.555. The molecule has 3 atom stereocenters. The number of likely N-dealkylation sites (N-methyl/N-ethyl adjacent to an activating group) is 1. The zero-order chi connectivity index (χ0) is 20.9. The van der Waals surface area contributed by atoms with Crippen LogP contribution in [0.1, 0.15) is 60.0 Å². The highest BCUT2D eigenvalue weighted by Crippen LogP contribution is 2.39. The molecule has 0 radical (unpaired) electrons. The van der Waals surface area contributed by atoms with Crippen molar-refractivity contribution < 1.29 is 14.4 Å². The van der Waals surface area contributed by atoms with Crippen molar-refractivity contribution in [1.29, 1.82) is 0 Å². The molecule has 30 heavy (non-hydrogen) atoms. The van der Waals surface area contributed by atoms with Crippen LogP contribution in [-0.2, 0) is 22.7 Å². The van der Waals surface area contributed by atoms with E-state index in [4.69, 9.17) is 0 Å². The Bertz CT molecular complexity index is 888. The third-order valence-electron chi connectivity index (χ3n) is 7.63. The third kappa shape index (κ3) is 3.34. The highest BCUT2D eigenvalue weighted by atomic mass is 16.2. The smallest absolute Gasteiger partial charge is 0.255 e. The van der Waals surface area contributed by atoms with Crippen molar-refractivity contribution in [3.63, 3.8) is 0 Å². The van der Waals surface area contributed by atoms with E-state index in [1.807, 2.05) is 6.07 Å². The summed E-state index contributed by atoms with van der Waals surface area (Å²) in [5.74, 6) is 0.0645. The first kappa shape index (κ1) is 19.7. The fourth-order valence-corrected chi connectivity index (χ4v) is 5.95. The van der Waals surface area contributed by atoms with Gasteiger partial charge in [-0.2, -0.15) is 0 Å². The number of imide groups is 1. The number of rotatable bonds is 4. The molecule has 1 aliphatic carbocycles. The van der Waals surface area contributed by atoms with E-state index >= 15 is 0 Å². The van der Waals surface area contributed by atoms with Crippen LogP contribution in [0.5, 0.6) is 0 Å². The van der Waals surface area contributed by atoms with Gasteiger partial charge in [-0.15, -0.1) is 0 Å². The first-order valence-electron chi connectivity index (χ1n) is 11.1. The fourth-order valence-electron chi connectivity index (χ4n) is 5.95. The van der Waals surface area contributed by atoms with Crippen molar-refractivity contribution in [3.8, 4) is 0 Å². The van der Waals surface area contributed by atoms with Gasteiger partial charge in [-0.25, -0.2) is 0 Å². The van der Waals surface area contributed by atoms with Gasteiger partial charge in [-0.3, -0.25) is 24.6 Å². The monoisotopic (exact) mass is 410 g/mol. The van der Waals surface area contributed by atoms with Gasteiger partial charge in [0.05, 0.1) is 0 Å². The number of hydrogen-bond donors (Lipinski definition) is 2. The van der Waals surface area contributed by atoms with E-state index in [-0.39, 0.29) is 29.7 Å². The van der Waals surface area contributed by atoms with Crippen LogP contribution in [0.4, 0.5) is 0 Å². The fraction of sp³-hybridized carbons (Fsp3) is 0.609. The number of fused-ring (bicyclic) bond motifs is 3. The van der Waals surface area contributed by atoms with Gasteiger partial charge in [0.1, 0.15) is 6.04 Å². The molecule has 3 heterocycles. The third-order valence-corrected chi connectivity index (χ3v) is 7.63. The standard InChI is InChI=1S/C23H30N4O3/c1-26(23-8-2-3-16(10-23)11-24-14-23)12-15-4-5-18-17(9-15)13-27(22(18)30)19-6-7-20(28)25-21(19)29/h4-5,9,16,19,24H,2-3,6-8,10-14H2,1H3,(H,25,28,29). The van der Waals surface area contributed by atoms with E-state index in [1.54, 1.807) is 4.90 Å². The predicted molar refractivity (Wildman–Crippen MR) is 112 cm³/mol. The number of benzene rings is 1. The lowest BCUT2D eigenvalue weighted by Gasteiger charge is -2.51. The molecule has 1 saturated carbocycles. The van der Waals surface area contributed by atoms with Crippen LogP contribution in [-0.4, -0.2) is 59.2 Å². The highest BCUT2D eigenvalue weighted by molar-refractivity contribution is 6.05. The number of piperidine rings is 2. The Balaban J connectivity index is 1.31. The zero-order valence-electron chi connectivity index (χ0n) is 17.6. The van der Waals surface area contributed by atoms with E-state index in [1.165, 1.54) is 31.2 Å². The molecule has 2 saturated heterocycles. The average molecular weight is 411 g/mol. The molecule has 3 unspecified atom stereocenters. The van der Waals surface area contributed by atoms with Crippen LogP contribution in [0.2, 0.25) is 0 Å². The van der Waals surface area contributed by atoms with E-state index in [9.17, 15) is 14.4 Å². The van der Waals surface area contributed by atoms with Gasteiger partial charge < -0.3 is 10.2 Å². The largest absolute Gasteiger partial charge is 0.322 e. The Morgan fingerprint density at radius 3 is 2.93 bits per heavy atom. The van der Waals surface area contributed by atoms with E-state index < -0.39 is 6.04 Å². The summed E-state index contributed by atoms with van der Waals surface area (Å²) in [6, 6.07) is 5.53. The van der Waals surface area contributed by atoms with Crippen molar-refractivity contribution in [2.24, 2.45) is 5.92 Å². The number of amides is 3. The lowest BCUT2D eigenvalue weighted by Crippen LogP contribution is -2.60. The van der Waals surface area contributed by atoms with Gasteiger partial charge >= 0.3 is 0 Å². The van der Waals surface area contributed by atoms with Gasteiger partial charge in [-0.05, 0) is 62.4 Å². The van der Waals surface area contributed by atoms with Gasteiger partial charge in [0.2, 0.25) is 11.8 Å². The summed E-state index contributed by atoms with van der Waals surface area (Å²) in [6.45, 7) is 3.49. The van der Waals surface area contributed by atoms with Crippen molar-refractivity contribution in [2.75, 3.05) is 20.1 Å². The molecule has 0 aromatic heterocycles. The summed E-state index contributed by atoms with van der Waals surface area (Å²) >= 11 is 0. The van der Waals surface area contributed by atoms with Gasteiger partial charge in [0, 0.05) is 37.2 Å².